The summed E-state index contributed by atoms with van der Waals surface area (Å²) in [6.45, 7) is 1.31. The summed E-state index contributed by atoms with van der Waals surface area (Å²) >= 11 is 0. The molecule has 1 atom stereocenters. The Morgan fingerprint density at radius 1 is 1.22 bits per heavy atom. The lowest BCUT2D eigenvalue weighted by molar-refractivity contribution is -0.137. The average molecular weight is 511 g/mol. The van der Waals surface area contributed by atoms with Crippen LogP contribution in [0.3, 0.4) is 0 Å². The molecule has 1 saturated heterocycles. The summed E-state index contributed by atoms with van der Waals surface area (Å²) in [5.74, 6) is -4.16. The van der Waals surface area contributed by atoms with Gasteiger partial charge in [0.1, 0.15) is 11.4 Å². The molecule has 3 aromatic rings. The molecule has 192 valence electrons. The Hall–Kier alpha value is -3.77. The van der Waals surface area contributed by atoms with E-state index >= 15 is 0 Å². The number of carbonyl (C=O) groups is 1. The first-order valence-corrected chi connectivity index (χ1v) is 11.0. The van der Waals surface area contributed by atoms with Gasteiger partial charge in [-0.15, -0.1) is 0 Å². The Morgan fingerprint density at radius 2 is 1.89 bits per heavy atom. The maximum absolute atomic E-state index is 13.7. The van der Waals surface area contributed by atoms with Crippen molar-refractivity contribution in [3.8, 4) is 0 Å². The van der Waals surface area contributed by atoms with Crippen molar-refractivity contribution in [3.05, 3.63) is 57.5 Å². The number of carboxylic acid groups (broad SMARTS) is 1. The fourth-order valence-electron chi connectivity index (χ4n) is 4.18. The number of pyridine rings is 1. The number of carboxylic acids is 1. The summed E-state index contributed by atoms with van der Waals surface area (Å²) in [5.41, 5.74) is -2.12. The molecule has 0 aliphatic carbocycles. The highest BCUT2D eigenvalue weighted by Crippen LogP contribution is 2.36. The van der Waals surface area contributed by atoms with E-state index in [0.717, 1.165) is 10.6 Å². The third kappa shape index (κ3) is 4.82. The summed E-state index contributed by atoms with van der Waals surface area (Å²) < 4.78 is 69.5. The largest absolute Gasteiger partial charge is 0.478 e. The number of anilines is 2. The second-order valence-electron chi connectivity index (χ2n) is 8.65. The number of alkyl halides is 5. The molecule has 1 fully saturated rings. The predicted octanol–water partition coefficient (Wildman–Crippen LogP) is 4.45. The van der Waals surface area contributed by atoms with Crippen LogP contribution in [0, 0.1) is 0 Å². The van der Waals surface area contributed by atoms with Crippen LogP contribution in [-0.4, -0.2) is 44.6 Å². The molecule has 2 aromatic heterocycles. The van der Waals surface area contributed by atoms with Gasteiger partial charge in [0.05, 0.1) is 22.5 Å². The Labute approximate surface area is 201 Å². The minimum absolute atomic E-state index is 0.0249. The molecule has 4 rings (SSSR count). The maximum Gasteiger partial charge on any atom is 0.416 e. The molecule has 1 aliphatic heterocycles. The molecular formula is C23H22F5N5O3. The van der Waals surface area contributed by atoms with Crippen LogP contribution >= 0.6 is 0 Å². The van der Waals surface area contributed by atoms with Crippen molar-refractivity contribution in [3.63, 3.8) is 0 Å². The van der Waals surface area contributed by atoms with Crippen molar-refractivity contribution in [1.82, 2.24) is 14.5 Å². The van der Waals surface area contributed by atoms with E-state index in [1.165, 1.54) is 37.2 Å². The zero-order valence-electron chi connectivity index (χ0n) is 19.2. The number of aromatic nitrogens is 3. The predicted molar refractivity (Wildman–Crippen MR) is 122 cm³/mol. The number of fused-ring (bicyclic) bond motifs is 1. The third-order valence-corrected chi connectivity index (χ3v) is 6.15. The van der Waals surface area contributed by atoms with Crippen molar-refractivity contribution < 1.29 is 31.9 Å². The lowest BCUT2D eigenvalue weighted by Crippen LogP contribution is -2.42. The van der Waals surface area contributed by atoms with E-state index in [9.17, 15) is 36.6 Å². The van der Waals surface area contributed by atoms with Crippen molar-refractivity contribution in [2.45, 2.75) is 37.9 Å². The van der Waals surface area contributed by atoms with Crippen LogP contribution in [0.25, 0.3) is 10.9 Å². The zero-order chi connectivity index (χ0) is 26.4. The van der Waals surface area contributed by atoms with Crippen LogP contribution < -0.4 is 15.8 Å². The Morgan fingerprint density at radius 3 is 2.50 bits per heavy atom. The second-order valence-corrected chi connectivity index (χ2v) is 8.65. The summed E-state index contributed by atoms with van der Waals surface area (Å²) in [5, 5.41) is 11.9. The van der Waals surface area contributed by atoms with Gasteiger partial charge >= 0.3 is 12.1 Å². The van der Waals surface area contributed by atoms with Crippen LogP contribution in [0.15, 0.2) is 35.3 Å². The number of nitrogens with zero attached hydrogens (tertiary/aromatic N) is 4. The van der Waals surface area contributed by atoms with Gasteiger partial charge in [0.2, 0.25) is 5.95 Å². The number of rotatable bonds is 5. The Bertz CT molecular complexity index is 1380. The van der Waals surface area contributed by atoms with Crippen LogP contribution in [0.4, 0.5) is 33.7 Å². The minimum Gasteiger partial charge on any atom is -0.478 e. The average Bonchev–Trinajstić information content (AvgIpc) is 2.80. The molecular weight excluding hydrogens is 489 g/mol. The lowest BCUT2D eigenvalue weighted by Gasteiger charge is -2.33. The van der Waals surface area contributed by atoms with Gasteiger partial charge in [0.15, 0.2) is 0 Å². The van der Waals surface area contributed by atoms with Crippen LogP contribution in [0.5, 0.6) is 0 Å². The fourth-order valence-corrected chi connectivity index (χ4v) is 4.18. The van der Waals surface area contributed by atoms with Gasteiger partial charge in [-0.1, -0.05) is 0 Å². The molecule has 1 aromatic carbocycles. The molecule has 2 N–H and O–H groups in total. The molecule has 36 heavy (non-hydrogen) atoms. The van der Waals surface area contributed by atoms with Gasteiger partial charge in [-0.25, -0.2) is 23.5 Å². The molecule has 0 radical (unpaired) electrons. The first-order chi connectivity index (χ1) is 16.8. The number of nitrogens with one attached hydrogen (secondary N) is 1. The van der Waals surface area contributed by atoms with E-state index in [2.05, 4.69) is 15.3 Å². The normalized spacial score (nSPS) is 16.7. The molecule has 1 aliphatic rings. The van der Waals surface area contributed by atoms with E-state index in [4.69, 9.17) is 0 Å². The maximum atomic E-state index is 13.7. The van der Waals surface area contributed by atoms with Crippen molar-refractivity contribution in [1.29, 1.82) is 0 Å². The third-order valence-electron chi connectivity index (χ3n) is 6.15. The summed E-state index contributed by atoms with van der Waals surface area (Å²) in [6.07, 6.45) is -4.35. The molecule has 0 saturated carbocycles. The highest BCUT2D eigenvalue weighted by Gasteiger charge is 2.36. The molecule has 13 heteroatoms. The summed E-state index contributed by atoms with van der Waals surface area (Å²) in [6, 6.07) is 3.27. The number of halogens is 5. The highest BCUT2D eigenvalue weighted by atomic mass is 19.4. The van der Waals surface area contributed by atoms with Crippen LogP contribution in [-0.2, 0) is 13.2 Å². The van der Waals surface area contributed by atoms with Crippen molar-refractivity contribution >= 4 is 28.6 Å². The van der Waals surface area contributed by atoms with E-state index in [-0.39, 0.29) is 46.9 Å². The van der Waals surface area contributed by atoms with Gasteiger partial charge in [-0.3, -0.25) is 9.36 Å². The van der Waals surface area contributed by atoms with Crippen molar-refractivity contribution in [2.24, 2.45) is 7.05 Å². The molecule has 0 spiro atoms. The quantitative estimate of drug-likeness (QED) is 0.488. The van der Waals surface area contributed by atoms with E-state index in [1.54, 1.807) is 0 Å². The Kier molecular flexibility index (Phi) is 6.35. The SMILES string of the molecule is C[C@@H](Nc1ncccc1C(=O)O)c1cc(C(F)(F)F)cc2c(=O)n(C)c(N3CCC(F)(F)CC3)nc12. The van der Waals surface area contributed by atoms with Crippen LogP contribution in [0.2, 0.25) is 0 Å². The van der Waals surface area contributed by atoms with Gasteiger partial charge < -0.3 is 15.3 Å². The molecule has 0 bridgehead atoms. The van der Waals surface area contributed by atoms with Gasteiger partial charge in [0, 0.05) is 44.7 Å². The smallest absolute Gasteiger partial charge is 0.416 e. The second kappa shape index (κ2) is 9.03. The number of piperidine rings is 1. The monoisotopic (exact) mass is 511 g/mol. The standard InChI is InChI=1S/C23H22F5N5O3/c1-12(30-18-14(20(35)36)4-3-7-29-18)15-10-13(23(26,27)28)11-16-17(15)31-21(32(2)19(16)34)33-8-5-22(24,25)6-9-33/h3-4,7,10-12H,5-6,8-9H2,1-2H3,(H,29,30)(H,35,36)/t12-/m1/s1. The number of hydrogen-bond acceptors (Lipinski definition) is 6. The zero-order valence-corrected chi connectivity index (χ0v) is 19.2. The lowest BCUT2D eigenvalue weighted by atomic mass is 10.00. The number of benzene rings is 1. The van der Waals surface area contributed by atoms with Gasteiger partial charge in [-0.05, 0) is 31.2 Å². The number of aromatic carboxylic acids is 1. The summed E-state index contributed by atoms with van der Waals surface area (Å²) in [4.78, 5) is 34.6. The molecule has 3 heterocycles. The van der Waals surface area contributed by atoms with Crippen molar-refractivity contribution in [2.75, 3.05) is 23.3 Å². The highest BCUT2D eigenvalue weighted by molar-refractivity contribution is 5.93. The van der Waals surface area contributed by atoms with Gasteiger partial charge in [-0.2, -0.15) is 13.2 Å². The van der Waals surface area contributed by atoms with E-state index in [0.29, 0.717) is 6.07 Å². The van der Waals surface area contributed by atoms with E-state index < -0.39 is 48.1 Å². The van der Waals surface area contributed by atoms with E-state index in [1.807, 2.05) is 0 Å². The summed E-state index contributed by atoms with van der Waals surface area (Å²) in [7, 11) is 1.32. The Balaban J connectivity index is 1.88. The first kappa shape index (κ1) is 25.3. The first-order valence-electron chi connectivity index (χ1n) is 11.0. The topological polar surface area (TPSA) is 100 Å². The molecule has 0 unspecified atom stereocenters. The molecule has 0 amide bonds. The number of hydrogen-bond donors (Lipinski definition) is 2. The minimum atomic E-state index is -4.78. The van der Waals surface area contributed by atoms with Crippen LogP contribution in [0.1, 0.15) is 47.3 Å². The fraction of sp³-hybridized carbons (Fsp3) is 0.391. The van der Waals surface area contributed by atoms with Gasteiger partial charge in [0.25, 0.3) is 11.5 Å². The molecule has 8 nitrogen and oxygen atoms in total.